The number of nitrogens with zero attached hydrogens (tertiary/aromatic N) is 4. The van der Waals surface area contributed by atoms with Gasteiger partial charge >= 0.3 is 6.18 Å². The second-order valence-corrected chi connectivity index (χ2v) is 8.62. The maximum atomic E-state index is 13.2. The number of hydrogen-bond donors (Lipinski definition) is 0. The fraction of sp³-hybridized carbons (Fsp3) is 0.320. The SMILES string of the molecule is O=C(C1CC(=O)N(c2cccc3ccccc23)C1)N1CCN(c2ccc(C(F)(F)F)cn2)CC1. The number of hydrogen-bond acceptors (Lipinski definition) is 4. The second kappa shape index (κ2) is 8.62. The van der Waals surface area contributed by atoms with Crippen molar-refractivity contribution in [3.05, 3.63) is 66.4 Å². The number of fused-ring (bicyclic) bond motifs is 1. The predicted octanol–water partition coefficient (Wildman–Crippen LogP) is 3.96. The Balaban J connectivity index is 1.23. The Labute approximate surface area is 194 Å². The number of rotatable bonds is 3. The molecule has 2 aromatic carbocycles. The number of benzene rings is 2. The molecule has 3 heterocycles. The Hall–Kier alpha value is -3.62. The van der Waals surface area contributed by atoms with Gasteiger partial charge in [0.25, 0.3) is 0 Å². The zero-order valence-electron chi connectivity index (χ0n) is 18.3. The van der Waals surface area contributed by atoms with E-state index in [1.54, 1.807) is 9.80 Å². The molecule has 2 amide bonds. The van der Waals surface area contributed by atoms with Gasteiger partial charge in [-0.15, -0.1) is 0 Å². The van der Waals surface area contributed by atoms with E-state index in [0.717, 1.165) is 28.7 Å². The lowest BCUT2D eigenvalue weighted by Crippen LogP contribution is -2.51. The van der Waals surface area contributed by atoms with Crippen LogP contribution >= 0.6 is 0 Å². The van der Waals surface area contributed by atoms with Gasteiger partial charge in [0, 0.05) is 50.7 Å². The molecule has 176 valence electrons. The predicted molar refractivity (Wildman–Crippen MR) is 122 cm³/mol. The van der Waals surface area contributed by atoms with Crippen molar-refractivity contribution in [2.45, 2.75) is 12.6 Å². The highest BCUT2D eigenvalue weighted by molar-refractivity contribution is 6.07. The fourth-order valence-corrected chi connectivity index (χ4v) is 4.70. The minimum Gasteiger partial charge on any atom is -0.353 e. The van der Waals surface area contributed by atoms with Crippen LogP contribution in [0.1, 0.15) is 12.0 Å². The number of anilines is 2. The largest absolute Gasteiger partial charge is 0.417 e. The van der Waals surface area contributed by atoms with Gasteiger partial charge in [0.05, 0.1) is 17.2 Å². The third-order valence-electron chi connectivity index (χ3n) is 6.52. The summed E-state index contributed by atoms with van der Waals surface area (Å²) in [6.45, 7) is 2.14. The molecule has 0 bridgehead atoms. The van der Waals surface area contributed by atoms with Crippen LogP contribution in [0.3, 0.4) is 0 Å². The number of aromatic nitrogens is 1. The first-order valence-corrected chi connectivity index (χ1v) is 11.2. The molecule has 0 aliphatic carbocycles. The molecular formula is C25H23F3N4O2. The number of piperazine rings is 1. The summed E-state index contributed by atoms with van der Waals surface area (Å²) in [5.41, 5.74) is 0.0308. The Morgan fingerprint density at radius 1 is 0.941 bits per heavy atom. The van der Waals surface area contributed by atoms with Crippen molar-refractivity contribution in [3.8, 4) is 0 Å². The lowest BCUT2D eigenvalue weighted by atomic mass is 10.1. The summed E-state index contributed by atoms with van der Waals surface area (Å²) >= 11 is 0. The second-order valence-electron chi connectivity index (χ2n) is 8.62. The molecule has 0 N–H and O–H groups in total. The number of amides is 2. The van der Waals surface area contributed by atoms with Crippen LogP contribution in [-0.4, -0.2) is 54.4 Å². The minimum absolute atomic E-state index is 0.0592. The van der Waals surface area contributed by atoms with E-state index in [-0.39, 0.29) is 18.2 Å². The quantitative estimate of drug-likeness (QED) is 0.584. The van der Waals surface area contributed by atoms with Crippen molar-refractivity contribution in [2.75, 3.05) is 42.5 Å². The van der Waals surface area contributed by atoms with Gasteiger partial charge < -0.3 is 14.7 Å². The fourth-order valence-electron chi connectivity index (χ4n) is 4.70. The maximum Gasteiger partial charge on any atom is 0.417 e. The molecule has 2 aliphatic rings. The molecular weight excluding hydrogens is 445 g/mol. The topological polar surface area (TPSA) is 56.8 Å². The Kier molecular flexibility index (Phi) is 5.63. The van der Waals surface area contributed by atoms with Gasteiger partial charge in [0.1, 0.15) is 5.82 Å². The molecule has 1 atom stereocenters. The highest BCUT2D eigenvalue weighted by Gasteiger charge is 2.38. The molecule has 6 nitrogen and oxygen atoms in total. The third kappa shape index (κ3) is 4.18. The molecule has 3 aromatic rings. The van der Waals surface area contributed by atoms with Crippen molar-refractivity contribution >= 4 is 34.1 Å². The average Bonchev–Trinajstić information content (AvgIpc) is 3.24. The van der Waals surface area contributed by atoms with E-state index in [4.69, 9.17) is 0 Å². The van der Waals surface area contributed by atoms with Crippen LogP contribution in [0.5, 0.6) is 0 Å². The van der Waals surface area contributed by atoms with Crippen LogP contribution in [0.25, 0.3) is 10.8 Å². The molecule has 9 heteroatoms. The van der Waals surface area contributed by atoms with E-state index in [1.165, 1.54) is 6.07 Å². The molecule has 34 heavy (non-hydrogen) atoms. The van der Waals surface area contributed by atoms with Gasteiger partial charge in [-0.3, -0.25) is 9.59 Å². The first kappa shape index (κ1) is 22.2. The van der Waals surface area contributed by atoms with Crippen LogP contribution < -0.4 is 9.80 Å². The van der Waals surface area contributed by atoms with E-state index >= 15 is 0 Å². The monoisotopic (exact) mass is 468 g/mol. The Bertz CT molecular complexity index is 1220. The lowest BCUT2D eigenvalue weighted by molar-refractivity contribution is -0.138. The van der Waals surface area contributed by atoms with E-state index in [1.807, 2.05) is 47.4 Å². The van der Waals surface area contributed by atoms with Crippen LogP contribution in [0.15, 0.2) is 60.8 Å². The summed E-state index contributed by atoms with van der Waals surface area (Å²) in [6.07, 6.45) is -3.42. The molecule has 0 radical (unpaired) electrons. The van der Waals surface area contributed by atoms with Gasteiger partial charge in [-0.05, 0) is 23.6 Å². The summed E-state index contributed by atoms with van der Waals surface area (Å²) < 4.78 is 38.3. The molecule has 5 rings (SSSR count). The molecule has 1 unspecified atom stereocenters. The average molecular weight is 468 g/mol. The normalized spacial score (nSPS) is 19.2. The van der Waals surface area contributed by atoms with E-state index in [9.17, 15) is 22.8 Å². The van der Waals surface area contributed by atoms with Gasteiger partial charge in [-0.25, -0.2) is 4.98 Å². The van der Waals surface area contributed by atoms with Gasteiger partial charge in [-0.2, -0.15) is 13.2 Å². The Morgan fingerprint density at radius 2 is 1.68 bits per heavy atom. The molecule has 2 saturated heterocycles. The summed E-state index contributed by atoms with van der Waals surface area (Å²) in [4.78, 5) is 35.2. The van der Waals surface area contributed by atoms with Gasteiger partial charge in [-0.1, -0.05) is 36.4 Å². The van der Waals surface area contributed by atoms with Crippen LogP contribution in [0, 0.1) is 5.92 Å². The van der Waals surface area contributed by atoms with Crippen molar-refractivity contribution in [3.63, 3.8) is 0 Å². The van der Waals surface area contributed by atoms with Gasteiger partial charge in [0.15, 0.2) is 0 Å². The smallest absolute Gasteiger partial charge is 0.353 e. The van der Waals surface area contributed by atoms with E-state index in [2.05, 4.69) is 4.98 Å². The summed E-state index contributed by atoms with van der Waals surface area (Å²) in [6, 6.07) is 16.0. The van der Waals surface area contributed by atoms with E-state index in [0.29, 0.717) is 38.5 Å². The van der Waals surface area contributed by atoms with Crippen LogP contribution in [0.2, 0.25) is 0 Å². The first-order chi connectivity index (χ1) is 16.3. The summed E-state index contributed by atoms with van der Waals surface area (Å²) in [5.74, 6) is -0.0844. The zero-order valence-corrected chi connectivity index (χ0v) is 18.3. The van der Waals surface area contributed by atoms with Crippen molar-refractivity contribution in [1.82, 2.24) is 9.88 Å². The zero-order chi connectivity index (χ0) is 23.9. The lowest BCUT2D eigenvalue weighted by Gasteiger charge is -2.36. The van der Waals surface area contributed by atoms with Crippen molar-refractivity contribution in [2.24, 2.45) is 5.92 Å². The number of carbonyl (C=O) groups excluding carboxylic acids is 2. The van der Waals surface area contributed by atoms with Crippen molar-refractivity contribution < 1.29 is 22.8 Å². The van der Waals surface area contributed by atoms with Crippen LogP contribution in [0.4, 0.5) is 24.7 Å². The maximum absolute atomic E-state index is 13.2. The van der Waals surface area contributed by atoms with E-state index < -0.39 is 17.7 Å². The number of carbonyl (C=O) groups is 2. The number of pyridine rings is 1. The van der Waals surface area contributed by atoms with Gasteiger partial charge in [0.2, 0.25) is 11.8 Å². The number of alkyl halides is 3. The Morgan fingerprint density at radius 3 is 2.38 bits per heavy atom. The molecule has 2 aliphatic heterocycles. The molecule has 2 fully saturated rings. The highest BCUT2D eigenvalue weighted by atomic mass is 19.4. The minimum atomic E-state index is -4.42. The molecule has 1 aromatic heterocycles. The molecule has 0 saturated carbocycles. The summed E-state index contributed by atoms with van der Waals surface area (Å²) in [5, 5.41) is 2.01. The standard InChI is InChI=1S/C25H23F3N4O2/c26-25(27,28)19-8-9-22(29-15-19)30-10-12-31(13-11-30)24(34)18-14-23(33)32(16-18)21-7-3-5-17-4-1-2-6-20(17)21/h1-9,15,18H,10-14,16H2. The van der Waals surface area contributed by atoms with Crippen LogP contribution in [-0.2, 0) is 15.8 Å². The molecule has 0 spiro atoms. The van der Waals surface area contributed by atoms with Crippen molar-refractivity contribution in [1.29, 1.82) is 0 Å². The highest BCUT2D eigenvalue weighted by Crippen LogP contribution is 2.33. The first-order valence-electron chi connectivity index (χ1n) is 11.2. The summed E-state index contributed by atoms with van der Waals surface area (Å²) in [7, 11) is 0. The third-order valence-corrected chi connectivity index (χ3v) is 6.52. The number of halogens is 3.